The number of benzene rings is 1. The van der Waals surface area contributed by atoms with E-state index in [1.165, 1.54) is 22.9 Å². The topological polar surface area (TPSA) is 17.0 Å². The summed E-state index contributed by atoms with van der Waals surface area (Å²) in [6.07, 6.45) is 3.39. The smallest absolute Gasteiger partial charge is 0.0480 e. The Balaban J connectivity index is 1.88. The van der Waals surface area contributed by atoms with E-state index in [0.717, 1.165) is 25.6 Å². The molecule has 0 radical (unpaired) electrons. The minimum atomic E-state index is 0.736. The molecule has 2 rings (SSSR count). The molecule has 1 N–H and O–H groups in total. The number of hydrogen-bond acceptors (Lipinski definition) is 1. The number of aromatic nitrogens is 1. The highest BCUT2D eigenvalue weighted by molar-refractivity contribution is 5.80. The average Bonchev–Trinajstić information content (AvgIpc) is 2.70. The van der Waals surface area contributed by atoms with Crippen molar-refractivity contribution in [1.82, 2.24) is 9.88 Å². The fraction of sp³-hybridized carbons (Fsp3) is 0.500. The third-order valence-electron chi connectivity index (χ3n) is 3.23. The van der Waals surface area contributed by atoms with Crippen LogP contribution in [0.15, 0.2) is 30.5 Å². The molecule has 0 saturated carbocycles. The van der Waals surface area contributed by atoms with Gasteiger partial charge in [-0.05, 0) is 55.9 Å². The van der Waals surface area contributed by atoms with Gasteiger partial charge < -0.3 is 9.88 Å². The summed E-state index contributed by atoms with van der Waals surface area (Å²) >= 11 is 0. The van der Waals surface area contributed by atoms with E-state index < -0.39 is 0 Å². The predicted molar refractivity (Wildman–Crippen MR) is 79.0 cm³/mol. The molecule has 0 amide bonds. The number of nitrogens with one attached hydrogen (secondary N) is 1. The summed E-state index contributed by atoms with van der Waals surface area (Å²) in [5.41, 5.74) is 2.68. The van der Waals surface area contributed by atoms with Gasteiger partial charge in [0, 0.05) is 18.3 Å². The van der Waals surface area contributed by atoms with Gasteiger partial charge in [-0.15, -0.1) is 0 Å². The average molecular weight is 244 g/mol. The Labute approximate surface area is 110 Å². The first-order chi connectivity index (χ1) is 8.66. The summed E-state index contributed by atoms with van der Waals surface area (Å²) in [6, 6.07) is 8.88. The van der Waals surface area contributed by atoms with Crippen LogP contribution in [0.25, 0.3) is 10.9 Å². The molecule has 2 nitrogen and oxygen atoms in total. The summed E-state index contributed by atoms with van der Waals surface area (Å²) < 4.78 is 2.35. The second-order valence-electron chi connectivity index (χ2n) is 5.52. The van der Waals surface area contributed by atoms with Crippen LogP contribution in [0.1, 0.15) is 25.8 Å². The first-order valence-corrected chi connectivity index (χ1v) is 6.93. The van der Waals surface area contributed by atoms with Crippen molar-refractivity contribution in [3.05, 3.63) is 36.0 Å². The number of fused-ring (bicyclic) bond motifs is 1. The second-order valence-corrected chi connectivity index (χ2v) is 5.52. The molecule has 0 unspecified atom stereocenters. The van der Waals surface area contributed by atoms with Crippen molar-refractivity contribution in [1.29, 1.82) is 0 Å². The Morgan fingerprint density at radius 2 is 2.06 bits per heavy atom. The Morgan fingerprint density at radius 3 is 2.83 bits per heavy atom. The van der Waals surface area contributed by atoms with Crippen molar-refractivity contribution >= 4 is 10.9 Å². The molecule has 2 aromatic rings. The number of rotatable bonds is 6. The lowest BCUT2D eigenvalue weighted by Crippen LogP contribution is -2.21. The van der Waals surface area contributed by atoms with E-state index in [1.807, 2.05) is 0 Å². The van der Waals surface area contributed by atoms with Crippen molar-refractivity contribution in [3.8, 4) is 0 Å². The maximum absolute atomic E-state index is 3.49. The number of nitrogens with zero attached hydrogens (tertiary/aromatic N) is 1. The van der Waals surface area contributed by atoms with Crippen LogP contribution in [0.4, 0.5) is 0 Å². The molecular formula is C16H24N2. The molecule has 0 spiro atoms. The zero-order valence-electron chi connectivity index (χ0n) is 11.7. The molecule has 0 atom stereocenters. The highest BCUT2D eigenvalue weighted by Crippen LogP contribution is 2.17. The normalized spacial score (nSPS) is 11.6. The standard InChI is InChI=1S/C16H24N2/c1-13(2)12-17-8-4-9-18-10-7-15-11-14(3)5-6-16(15)18/h5-7,10-11,13,17H,4,8-9,12H2,1-3H3. The minimum Gasteiger partial charge on any atom is -0.347 e. The molecule has 2 heteroatoms. The van der Waals surface area contributed by atoms with Gasteiger partial charge in [-0.3, -0.25) is 0 Å². The van der Waals surface area contributed by atoms with Gasteiger partial charge in [0.05, 0.1) is 0 Å². The van der Waals surface area contributed by atoms with Gasteiger partial charge in [0.15, 0.2) is 0 Å². The van der Waals surface area contributed by atoms with E-state index in [0.29, 0.717) is 0 Å². The van der Waals surface area contributed by atoms with Crippen molar-refractivity contribution in [2.24, 2.45) is 5.92 Å². The van der Waals surface area contributed by atoms with Gasteiger partial charge in [-0.2, -0.15) is 0 Å². The highest BCUT2D eigenvalue weighted by Gasteiger charge is 2.00. The van der Waals surface area contributed by atoms with Crippen LogP contribution in [-0.2, 0) is 6.54 Å². The van der Waals surface area contributed by atoms with Gasteiger partial charge >= 0.3 is 0 Å². The quantitative estimate of drug-likeness (QED) is 0.768. The monoisotopic (exact) mass is 244 g/mol. The summed E-state index contributed by atoms with van der Waals surface area (Å²) in [5, 5.41) is 4.84. The van der Waals surface area contributed by atoms with Crippen LogP contribution in [0.2, 0.25) is 0 Å². The van der Waals surface area contributed by atoms with Crippen LogP contribution < -0.4 is 5.32 Å². The molecule has 1 aromatic heterocycles. The van der Waals surface area contributed by atoms with E-state index >= 15 is 0 Å². The molecule has 0 aliphatic carbocycles. The third kappa shape index (κ3) is 3.36. The Morgan fingerprint density at radius 1 is 1.22 bits per heavy atom. The lowest BCUT2D eigenvalue weighted by atomic mass is 10.2. The summed E-state index contributed by atoms with van der Waals surface area (Å²) in [6.45, 7) is 9.95. The summed E-state index contributed by atoms with van der Waals surface area (Å²) in [4.78, 5) is 0. The molecule has 1 heterocycles. The molecule has 0 saturated heterocycles. The minimum absolute atomic E-state index is 0.736. The van der Waals surface area contributed by atoms with E-state index in [4.69, 9.17) is 0 Å². The SMILES string of the molecule is Cc1ccc2c(ccn2CCCNCC(C)C)c1. The maximum atomic E-state index is 3.49. The van der Waals surface area contributed by atoms with Crippen LogP contribution in [0.3, 0.4) is 0 Å². The molecule has 18 heavy (non-hydrogen) atoms. The van der Waals surface area contributed by atoms with E-state index in [9.17, 15) is 0 Å². The fourth-order valence-electron chi connectivity index (χ4n) is 2.28. The largest absolute Gasteiger partial charge is 0.347 e. The first kappa shape index (κ1) is 13.2. The van der Waals surface area contributed by atoms with Crippen molar-refractivity contribution in [3.63, 3.8) is 0 Å². The second kappa shape index (κ2) is 6.05. The Hall–Kier alpha value is -1.28. The van der Waals surface area contributed by atoms with E-state index in [1.54, 1.807) is 0 Å². The van der Waals surface area contributed by atoms with Crippen LogP contribution >= 0.6 is 0 Å². The van der Waals surface area contributed by atoms with Gasteiger partial charge in [0.1, 0.15) is 0 Å². The van der Waals surface area contributed by atoms with Gasteiger partial charge in [-0.1, -0.05) is 25.5 Å². The van der Waals surface area contributed by atoms with E-state index in [2.05, 4.69) is 61.1 Å². The van der Waals surface area contributed by atoms with Crippen LogP contribution in [0.5, 0.6) is 0 Å². The van der Waals surface area contributed by atoms with Crippen molar-refractivity contribution in [2.45, 2.75) is 33.7 Å². The summed E-state index contributed by atoms with van der Waals surface area (Å²) in [7, 11) is 0. The zero-order valence-corrected chi connectivity index (χ0v) is 11.7. The van der Waals surface area contributed by atoms with Gasteiger partial charge in [0.2, 0.25) is 0 Å². The van der Waals surface area contributed by atoms with Gasteiger partial charge in [0.25, 0.3) is 0 Å². The molecule has 0 fully saturated rings. The molecule has 1 aromatic carbocycles. The Kier molecular flexibility index (Phi) is 4.43. The molecule has 98 valence electrons. The van der Waals surface area contributed by atoms with Gasteiger partial charge in [-0.25, -0.2) is 0 Å². The lowest BCUT2D eigenvalue weighted by Gasteiger charge is -2.08. The summed E-state index contributed by atoms with van der Waals surface area (Å²) in [5.74, 6) is 0.736. The highest BCUT2D eigenvalue weighted by atomic mass is 15.0. The molecule has 0 aliphatic rings. The maximum Gasteiger partial charge on any atom is 0.0480 e. The number of hydrogen-bond donors (Lipinski definition) is 1. The lowest BCUT2D eigenvalue weighted by molar-refractivity contribution is 0.525. The van der Waals surface area contributed by atoms with Crippen molar-refractivity contribution < 1.29 is 0 Å². The predicted octanol–water partition coefficient (Wildman–Crippen LogP) is 3.59. The Bertz CT molecular complexity index is 497. The first-order valence-electron chi connectivity index (χ1n) is 6.93. The van der Waals surface area contributed by atoms with Crippen molar-refractivity contribution in [2.75, 3.05) is 13.1 Å². The third-order valence-corrected chi connectivity index (χ3v) is 3.23. The van der Waals surface area contributed by atoms with Crippen LogP contribution in [0, 0.1) is 12.8 Å². The molecule has 0 bridgehead atoms. The zero-order chi connectivity index (χ0) is 13.0. The molecular weight excluding hydrogens is 220 g/mol. The molecule has 0 aliphatic heterocycles. The number of aryl methyl sites for hydroxylation is 2. The van der Waals surface area contributed by atoms with Crippen LogP contribution in [-0.4, -0.2) is 17.7 Å². The van der Waals surface area contributed by atoms with E-state index in [-0.39, 0.29) is 0 Å². The fourth-order valence-corrected chi connectivity index (χ4v) is 2.28.